The Bertz CT molecular complexity index is 662. The molecule has 1 aromatic carbocycles. The fourth-order valence-corrected chi connectivity index (χ4v) is 4.14. The van der Waals surface area contributed by atoms with Crippen LogP contribution in [0.1, 0.15) is 15.9 Å². The third-order valence-electron chi connectivity index (χ3n) is 3.75. The molecule has 2 aliphatic rings. The first kappa shape index (κ1) is 13.9. The van der Waals surface area contributed by atoms with Gasteiger partial charge in [-0.3, -0.25) is 14.5 Å². The Labute approximate surface area is 123 Å². The number of carbonyl (C=O) groups is 3. The number of hydrogen-bond acceptors (Lipinski definition) is 5. The molecule has 0 radical (unpaired) electrons. The summed E-state index contributed by atoms with van der Waals surface area (Å²) in [7, 11) is 0. The molecule has 1 amide bonds. The van der Waals surface area contributed by atoms with Crippen molar-refractivity contribution < 1.29 is 29.7 Å². The predicted octanol–water partition coefficient (Wildman–Crippen LogP) is -0.0593. The van der Waals surface area contributed by atoms with Gasteiger partial charge in [0.05, 0.1) is 0 Å². The van der Waals surface area contributed by atoms with Gasteiger partial charge in [-0.05, 0) is 6.07 Å². The summed E-state index contributed by atoms with van der Waals surface area (Å²) < 4.78 is 0. The number of aliphatic carboxylic acids is 2. The van der Waals surface area contributed by atoms with Gasteiger partial charge < -0.3 is 15.3 Å². The first-order chi connectivity index (χ1) is 9.89. The van der Waals surface area contributed by atoms with E-state index >= 15 is 0 Å². The molecule has 110 valence electrons. The molecule has 2 heterocycles. The van der Waals surface area contributed by atoms with Gasteiger partial charge >= 0.3 is 11.9 Å². The van der Waals surface area contributed by atoms with Gasteiger partial charge in [0, 0.05) is 16.9 Å². The predicted molar refractivity (Wildman–Crippen MR) is 71.8 cm³/mol. The van der Waals surface area contributed by atoms with Crippen LogP contribution in [0.4, 0.5) is 0 Å². The number of nitrogens with zero attached hydrogens (tertiary/aromatic N) is 1. The number of hydrogen-bond donors (Lipinski definition) is 3. The number of amides is 1. The summed E-state index contributed by atoms with van der Waals surface area (Å²) in [5, 5.41) is 28.2. The Kier molecular flexibility index (Phi) is 2.96. The molecule has 0 spiro atoms. The Hall–Kier alpha value is -2.06. The van der Waals surface area contributed by atoms with E-state index in [0.717, 1.165) is 16.7 Å². The van der Waals surface area contributed by atoms with Crippen molar-refractivity contribution in [1.29, 1.82) is 0 Å². The molecule has 2 unspecified atom stereocenters. The van der Waals surface area contributed by atoms with Crippen LogP contribution >= 0.6 is 11.8 Å². The molecule has 0 saturated carbocycles. The molecule has 0 aromatic heterocycles. The fourth-order valence-electron chi connectivity index (χ4n) is 2.85. The normalized spacial score (nSPS) is 30.7. The topological polar surface area (TPSA) is 115 Å². The van der Waals surface area contributed by atoms with E-state index in [0.29, 0.717) is 0 Å². The number of fused-ring (bicyclic) bond motifs is 3. The van der Waals surface area contributed by atoms with E-state index in [-0.39, 0.29) is 16.9 Å². The van der Waals surface area contributed by atoms with Crippen molar-refractivity contribution in [1.82, 2.24) is 4.90 Å². The zero-order valence-electron chi connectivity index (χ0n) is 10.6. The Morgan fingerprint density at radius 3 is 2.52 bits per heavy atom. The minimum Gasteiger partial charge on any atom is -0.480 e. The average molecular weight is 309 g/mol. The highest BCUT2D eigenvalue weighted by Crippen LogP contribution is 2.48. The highest BCUT2D eigenvalue weighted by Gasteiger charge is 2.62. The number of carbonyl (C=O) groups excluding carboxylic acids is 1. The van der Waals surface area contributed by atoms with Gasteiger partial charge in [-0.25, -0.2) is 4.79 Å². The van der Waals surface area contributed by atoms with Crippen molar-refractivity contribution >= 4 is 29.6 Å². The summed E-state index contributed by atoms with van der Waals surface area (Å²) in [6.07, 6.45) is 0. The molecule has 21 heavy (non-hydrogen) atoms. The third kappa shape index (κ3) is 1.69. The lowest BCUT2D eigenvalue weighted by Gasteiger charge is -2.45. The van der Waals surface area contributed by atoms with Gasteiger partial charge in [0.2, 0.25) is 0 Å². The molecule has 1 fully saturated rings. The minimum atomic E-state index is -2.15. The number of rotatable bonds is 2. The molecular formula is C13H11NO6S. The van der Waals surface area contributed by atoms with Gasteiger partial charge in [0.15, 0.2) is 11.0 Å². The summed E-state index contributed by atoms with van der Waals surface area (Å²) in [6.45, 7) is 0. The van der Waals surface area contributed by atoms with Crippen LogP contribution in [0, 0.1) is 0 Å². The van der Waals surface area contributed by atoms with Gasteiger partial charge in [-0.15, -0.1) is 11.8 Å². The zero-order chi connectivity index (χ0) is 15.4. The summed E-state index contributed by atoms with van der Waals surface area (Å²) in [6, 6.07) is 4.79. The van der Waals surface area contributed by atoms with E-state index in [4.69, 9.17) is 0 Å². The van der Waals surface area contributed by atoms with Crippen molar-refractivity contribution in [2.45, 2.75) is 17.0 Å². The molecule has 2 aliphatic heterocycles. The monoisotopic (exact) mass is 309 g/mol. The van der Waals surface area contributed by atoms with E-state index in [1.807, 2.05) is 0 Å². The highest BCUT2D eigenvalue weighted by molar-refractivity contribution is 8.00. The van der Waals surface area contributed by atoms with Crippen LogP contribution in [-0.4, -0.2) is 55.1 Å². The molecule has 3 rings (SSSR count). The molecule has 0 aliphatic carbocycles. The zero-order valence-corrected chi connectivity index (χ0v) is 11.4. The van der Waals surface area contributed by atoms with Gasteiger partial charge in [-0.2, -0.15) is 0 Å². The smallest absolute Gasteiger partial charge is 0.327 e. The van der Waals surface area contributed by atoms with Crippen LogP contribution in [0.5, 0.6) is 0 Å². The minimum absolute atomic E-state index is 0.0889. The molecular weight excluding hydrogens is 298 g/mol. The summed E-state index contributed by atoms with van der Waals surface area (Å²) in [4.78, 5) is 36.0. The Morgan fingerprint density at radius 2 is 1.90 bits per heavy atom. The number of benzene rings is 1. The number of thioether (sulfide) groups is 1. The van der Waals surface area contributed by atoms with Crippen molar-refractivity contribution in [2.24, 2.45) is 0 Å². The van der Waals surface area contributed by atoms with Gasteiger partial charge in [0.25, 0.3) is 5.91 Å². The van der Waals surface area contributed by atoms with E-state index < -0.39 is 34.9 Å². The lowest BCUT2D eigenvalue weighted by molar-refractivity contribution is -0.164. The van der Waals surface area contributed by atoms with Gasteiger partial charge in [-0.1, -0.05) is 18.2 Å². The van der Waals surface area contributed by atoms with Crippen LogP contribution in [0.25, 0.3) is 0 Å². The van der Waals surface area contributed by atoms with Crippen LogP contribution in [0.3, 0.4) is 0 Å². The average Bonchev–Trinajstić information content (AvgIpc) is 2.67. The van der Waals surface area contributed by atoms with Crippen molar-refractivity contribution in [2.75, 3.05) is 5.75 Å². The summed E-state index contributed by atoms with van der Waals surface area (Å²) in [5.41, 5.74) is -1.87. The molecule has 8 heteroatoms. The second-order valence-electron chi connectivity index (χ2n) is 4.85. The van der Waals surface area contributed by atoms with Crippen molar-refractivity contribution in [3.05, 3.63) is 35.4 Å². The number of carboxylic acids is 2. The maximum absolute atomic E-state index is 12.4. The maximum Gasteiger partial charge on any atom is 0.327 e. The molecule has 3 N–H and O–H groups in total. The first-order valence-electron chi connectivity index (χ1n) is 6.11. The van der Waals surface area contributed by atoms with Gasteiger partial charge in [0.1, 0.15) is 6.04 Å². The molecule has 7 nitrogen and oxygen atoms in total. The maximum atomic E-state index is 12.4. The third-order valence-corrected chi connectivity index (χ3v) is 5.12. The van der Waals surface area contributed by atoms with Crippen molar-refractivity contribution in [3.63, 3.8) is 0 Å². The quantitative estimate of drug-likeness (QED) is 0.701. The molecule has 0 bridgehead atoms. The van der Waals surface area contributed by atoms with E-state index in [9.17, 15) is 29.7 Å². The van der Waals surface area contributed by atoms with E-state index in [1.54, 1.807) is 12.1 Å². The molecule has 1 aromatic rings. The van der Waals surface area contributed by atoms with Crippen LogP contribution in [0.2, 0.25) is 0 Å². The van der Waals surface area contributed by atoms with E-state index in [2.05, 4.69) is 0 Å². The Balaban J connectivity index is 2.23. The summed E-state index contributed by atoms with van der Waals surface area (Å²) >= 11 is 0.824. The van der Waals surface area contributed by atoms with E-state index in [1.165, 1.54) is 12.1 Å². The fraction of sp³-hybridized carbons (Fsp3) is 0.308. The lowest BCUT2D eigenvalue weighted by Crippen LogP contribution is -2.63. The number of carboxylic acid groups (broad SMARTS) is 2. The second kappa shape index (κ2) is 4.47. The highest BCUT2D eigenvalue weighted by atomic mass is 32.2. The second-order valence-corrected chi connectivity index (χ2v) is 5.99. The molecule has 3 atom stereocenters. The Morgan fingerprint density at radius 1 is 1.24 bits per heavy atom. The standard InChI is InChI=1S/C13H11NO6S/c15-10-6-3-1-2-4-7(6)13(20)9(12(18)19)21-5-8(11(16)17)14(10)13/h1-4,8-9,20H,5H2,(H,16,17)(H,18,19)/t8-,9?,13?/m0/s1. The van der Waals surface area contributed by atoms with Crippen molar-refractivity contribution in [3.8, 4) is 0 Å². The molecule has 1 saturated heterocycles. The SMILES string of the molecule is O=C(O)C1SC[C@@H](C(=O)O)N2C(=O)c3ccccc3C12O. The van der Waals surface area contributed by atoms with Crippen LogP contribution in [0.15, 0.2) is 24.3 Å². The lowest BCUT2D eigenvalue weighted by atomic mass is 9.97. The van der Waals surface area contributed by atoms with Crippen LogP contribution in [-0.2, 0) is 15.3 Å². The largest absolute Gasteiger partial charge is 0.480 e. The number of aliphatic hydroxyl groups is 1. The summed E-state index contributed by atoms with van der Waals surface area (Å²) in [5.74, 6) is -3.31. The first-order valence-corrected chi connectivity index (χ1v) is 7.16. The van der Waals surface area contributed by atoms with Crippen LogP contribution < -0.4 is 0 Å².